The summed E-state index contributed by atoms with van der Waals surface area (Å²) in [5.41, 5.74) is 2.74. The van der Waals surface area contributed by atoms with Crippen molar-refractivity contribution in [2.45, 2.75) is 20.4 Å². The van der Waals surface area contributed by atoms with Crippen molar-refractivity contribution in [3.8, 4) is 11.4 Å². The maximum absolute atomic E-state index is 13.1. The van der Waals surface area contributed by atoms with Gasteiger partial charge in [-0.3, -0.25) is 4.79 Å². The van der Waals surface area contributed by atoms with Crippen LogP contribution in [-0.4, -0.2) is 27.5 Å². The highest BCUT2D eigenvalue weighted by Crippen LogP contribution is 2.21. The Balaban J connectivity index is 1.58. The van der Waals surface area contributed by atoms with Crippen LogP contribution in [0.4, 0.5) is 0 Å². The second-order valence-corrected chi connectivity index (χ2v) is 6.72. The molecule has 3 aromatic carbocycles. The summed E-state index contributed by atoms with van der Waals surface area (Å²) >= 11 is 0. The SMILES string of the molecule is CCN(Cc1nc(-c2ccc(C)cc2)no1)C(=O)c1cccc2ccccc12. The third-order valence-electron chi connectivity index (χ3n) is 4.79. The van der Waals surface area contributed by atoms with E-state index in [4.69, 9.17) is 4.52 Å². The molecule has 0 aliphatic carbocycles. The van der Waals surface area contributed by atoms with Crippen LogP contribution in [0, 0.1) is 6.92 Å². The number of carbonyl (C=O) groups is 1. The third kappa shape index (κ3) is 3.51. The summed E-state index contributed by atoms with van der Waals surface area (Å²) in [7, 11) is 0. The van der Waals surface area contributed by atoms with Crippen molar-refractivity contribution < 1.29 is 9.32 Å². The Morgan fingerprint density at radius 3 is 2.54 bits per heavy atom. The molecule has 0 bridgehead atoms. The monoisotopic (exact) mass is 371 g/mol. The molecule has 4 rings (SSSR count). The van der Waals surface area contributed by atoms with Crippen molar-refractivity contribution in [2.24, 2.45) is 0 Å². The number of hydrogen-bond acceptors (Lipinski definition) is 4. The second kappa shape index (κ2) is 7.64. The van der Waals surface area contributed by atoms with Crippen LogP contribution >= 0.6 is 0 Å². The fraction of sp³-hybridized carbons (Fsp3) is 0.174. The lowest BCUT2D eigenvalue weighted by atomic mass is 10.0. The lowest BCUT2D eigenvalue weighted by molar-refractivity contribution is 0.0736. The maximum atomic E-state index is 13.1. The zero-order valence-corrected chi connectivity index (χ0v) is 15.9. The summed E-state index contributed by atoms with van der Waals surface area (Å²) in [6, 6.07) is 21.6. The fourth-order valence-corrected chi connectivity index (χ4v) is 3.21. The number of benzene rings is 3. The lowest BCUT2D eigenvalue weighted by Crippen LogP contribution is -2.30. The molecule has 0 saturated heterocycles. The fourth-order valence-electron chi connectivity index (χ4n) is 3.21. The highest BCUT2D eigenvalue weighted by atomic mass is 16.5. The second-order valence-electron chi connectivity index (χ2n) is 6.72. The van der Waals surface area contributed by atoms with Gasteiger partial charge in [-0.15, -0.1) is 0 Å². The molecule has 0 saturated carbocycles. The van der Waals surface area contributed by atoms with E-state index in [1.807, 2.05) is 80.6 Å². The third-order valence-corrected chi connectivity index (χ3v) is 4.79. The summed E-state index contributed by atoms with van der Waals surface area (Å²) in [6.45, 7) is 4.80. The molecule has 0 aliphatic rings. The minimum atomic E-state index is -0.0469. The first kappa shape index (κ1) is 17.9. The molecule has 1 heterocycles. The van der Waals surface area contributed by atoms with Gasteiger partial charge in [-0.1, -0.05) is 71.4 Å². The van der Waals surface area contributed by atoms with E-state index in [-0.39, 0.29) is 12.5 Å². The van der Waals surface area contributed by atoms with Crippen LogP contribution in [0.25, 0.3) is 22.2 Å². The molecule has 4 aromatic rings. The predicted octanol–water partition coefficient (Wildman–Crippen LogP) is 4.86. The highest BCUT2D eigenvalue weighted by Gasteiger charge is 2.20. The standard InChI is InChI=1S/C23H21N3O2/c1-3-26(23(27)20-10-6-8-17-7-4-5-9-19(17)20)15-21-24-22(25-28-21)18-13-11-16(2)12-14-18/h4-14H,3,15H2,1-2H3. The molecule has 0 spiro atoms. The minimum absolute atomic E-state index is 0.0469. The van der Waals surface area contributed by atoms with Gasteiger partial charge in [-0.25, -0.2) is 0 Å². The molecule has 28 heavy (non-hydrogen) atoms. The van der Waals surface area contributed by atoms with E-state index in [9.17, 15) is 4.79 Å². The van der Waals surface area contributed by atoms with E-state index in [1.54, 1.807) is 4.90 Å². The molecule has 1 amide bonds. The largest absolute Gasteiger partial charge is 0.337 e. The average Bonchev–Trinajstić information content (AvgIpc) is 3.20. The zero-order valence-electron chi connectivity index (χ0n) is 15.9. The molecule has 5 heteroatoms. The molecule has 0 atom stereocenters. The number of amides is 1. The van der Waals surface area contributed by atoms with Crippen LogP contribution < -0.4 is 0 Å². The highest BCUT2D eigenvalue weighted by molar-refractivity contribution is 6.06. The smallest absolute Gasteiger partial charge is 0.254 e. The summed E-state index contributed by atoms with van der Waals surface area (Å²) in [4.78, 5) is 19.3. The Morgan fingerprint density at radius 1 is 1.00 bits per heavy atom. The summed E-state index contributed by atoms with van der Waals surface area (Å²) < 4.78 is 5.40. The van der Waals surface area contributed by atoms with Gasteiger partial charge in [0, 0.05) is 17.7 Å². The Kier molecular flexibility index (Phi) is 4.89. The number of carbonyl (C=O) groups excluding carboxylic acids is 1. The summed E-state index contributed by atoms with van der Waals surface area (Å²) in [5, 5.41) is 6.05. The van der Waals surface area contributed by atoms with Gasteiger partial charge in [0.25, 0.3) is 5.91 Å². The molecule has 1 aromatic heterocycles. The number of hydrogen-bond donors (Lipinski definition) is 0. The van der Waals surface area contributed by atoms with Crippen LogP contribution in [0.2, 0.25) is 0 Å². The Labute approximate surface area is 163 Å². The van der Waals surface area contributed by atoms with Crippen molar-refractivity contribution in [1.82, 2.24) is 15.0 Å². The minimum Gasteiger partial charge on any atom is -0.337 e. The first-order valence-corrected chi connectivity index (χ1v) is 9.32. The van der Waals surface area contributed by atoms with Gasteiger partial charge in [0.2, 0.25) is 11.7 Å². The number of fused-ring (bicyclic) bond motifs is 1. The van der Waals surface area contributed by atoms with Gasteiger partial charge in [0.05, 0.1) is 0 Å². The van der Waals surface area contributed by atoms with E-state index < -0.39 is 0 Å². The van der Waals surface area contributed by atoms with Crippen molar-refractivity contribution in [2.75, 3.05) is 6.54 Å². The molecule has 0 N–H and O–H groups in total. The molecule has 0 aliphatic heterocycles. The Bertz CT molecular complexity index is 1110. The predicted molar refractivity (Wildman–Crippen MR) is 109 cm³/mol. The summed E-state index contributed by atoms with van der Waals surface area (Å²) in [6.07, 6.45) is 0. The van der Waals surface area contributed by atoms with Gasteiger partial charge in [-0.05, 0) is 30.7 Å². The number of aryl methyl sites for hydroxylation is 1. The first-order valence-electron chi connectivity index (χ1n) is 9.32. The van der Waals surface area contributed by atoms with E-state index in [1.165, 1.54) is 5.56 Å². The van der Waals surface area contributed by atoms with E-state index >= 15 is 0 Å². The quantitative estimate of drug-likeness (QED) is 0.503. The number of rotatable bonds is 5. The van der Waals surface area contributed by atoms with E-state index in [0.29, 0.717) is 23.8 Å². The molecule has 0 unspecified atom stereocenters. The van der Waals surface area contributed by atoms with Crippen molar-refractivity contribution in [3.05, 3.63) is 83.7 Å². The maximum Gasteiger partial charge on any atom is 0.254 e. The number of aromatic nitrogens is 2. The van der Waals surface area contributed by atoms with Gasteiger partial charge < -0.3 is 9.42 Å². The van der Waals surface area contributed by atoms with Gasteiger partial charge in [0.15, 0.2) is 0 Å². The lowest BCUT2D eigenvalue weighted by Gasteiger charge is -2.19. The van der Waals surface area contributed by atoms with Crippen LogP contribution in [0.15, 0.2) is 71.3 Å². The van der Waals surface area contributed by atoms with Crippen molar-refractivity contribution in [3.63, 3.8) is 0 Å². The molecule has 0 radical (unpaired) electrons. The van der Waals surface area contributed by atoms with Gasteiger partial charge >= 0.3 is 0 Å². The Morgan fingerprint density at radius 2 is 1.75 bits per heavy atom. The van der Waals surface area contributed by atoms with Crippen LogP contribution in [0.1, 0.15) is 28.7 Å². The van der Waals surface area contributed by atoms with Gasteiger partial charge in [-0.2, -0.15) is 4.98 Å². The van der Waals surface area contributed by atoms with E-state index in [2.05, 4.69) is 10.1 Å². The van der Waals surface area contributed by atoms with Crippen molar-refractivity contribution >= 4 is 16.7 Å². The Hall–Kier alpha value is -3.47. The van der Waals surface area contributed by atoms with E-state index in [0.717, 1.165) is 16.3 Å². The molecule has 0 fully saturated rings. The van der Waals surface area contributed by atoms with Crippen LogP contribution in [0.5, 0.6) is 0 Å². The molecule has 5 nitrogen and oxygen atoms in total. The van der Waals surface area contributed by atoms with Crippen LogP contribution in [0.3, 0.4) is 0 Å². The molecular formula is C23H21N3O2. The molecule has 140 valence electrons. The topological polar surface area (TPSA) is 59.2 Å². The average molecular weight is 371 g/mol. The van der Waals surface area contributed by atoms with Gasteiger partial charge in [0.1, 0.15) is 6.54 Å². The van der Waals surface area contributed by atoms with Crippen molar-refractivity contribution in [1.29, 1.82) is 0 Å². The van der Waals surface area contributed by atoms with Crippen LogP contribution in [-0.2, 0) is 6.54 Å². The first-order chi connectivity index (χ1) is 13.7. The number of nitrogens with zero attached hydrogens (tertiary/aromatic N) is 3. The summed E-state index contributed by atoms with van der Waals surface area (Å²) in [5.74, 6) is 0.907. The molecular weight excluding hydrogens is 350 g/mol. The zero-order chi connectivity index (χ0) is 19.5. The normalized spacial score (nSPS) is 10.9.